The molecule has 138 valence electrons. The van der Waals surface area contributed by atoms with Gasteiger partial charge < -0.3 is 4.42 Å². The number of benzene rings is 3. The number of hydrogen-bond donors (Lipinski definition) is 0. The second-order valence-electron chi connectivity index (χ2n) is 6.60. The van der Waals surface area contributed by atoms with E-state index < -0.39 is 0 Å². The van der Waals surface area contributed by atoms with Gasteiger partial charge in [-0.15, -0.1) is 10.2 Å². The van der Waals surface area contributed by atoms with E-state index in [0.29, 0.717) is 17.3 Å². The van der Waals surface area contributed by atoms with E-state index in [4.69, 9.17) is 4.42 Å². The zero-order valence-electron chi connectivity index (χ0n) is 15.6. The Bertz CT molecular complexity index is 1140. The van der Waals surface area contributed by atoms with Gasteiger partial charge in [0.1, 0.15) is 0 Å². The van der Waals surface area contributed by atoms with Crippen LogP contribution in [0.4, 0.5) is 0 Å². The van der Waals surface area contributed by atoms with Gasteiger partial charge in [-0.25, -0.2) is 0 Å². The average Bonchev–Trinajstić information content (AvgIpc) is 3.21. The van der Waals surface area contributed by atoms with E-state index in [0.717, 1.165) is 41.0 Å². The summed E-state index contributed by atoms with van der Waals surface area (Å²) in [5.41, 5.74) is 3.79. The van der Waals surface area contributed by atoms with E-state index in [1.54, 1.807) is 6.07 Å². The highest BCUT2D eigenvalue weighted by molar-refractivity contribution is 6.04. The highest BCUT2D eigenvalue weighted by atomic mass is 16.4. The molecule has 0 aliphatic rings. The van der Waals surface area contributed by atoms with Crippen molar-refractivity contribution in [2.45, 2.75) is 19.8 Å². The molecule has 0 bridgehead atoms. The largest absolute Gasteiger partial charge is 0.417 e. The van der Waals surface area contributed by atoms with Crippen LogP contribution in [0.1, 0.15) is 41.6 Å². The summed E-state index contributed by atoms with van der Waals surface area (Å²) in [6.45, 7) is 2.15. The van der Waals surface area contributed by atoms with Gasteiger partial charge in [-0.05, 0) is 34.4 Å². The predicted octanol–water partition coefficient (Wildman–Crippen LogP) is 6.04. The minimum absolute atomic E-state index is 0.448. The molecule has 0 radical (unpaired) electrons. The maximum atomic E-state index is 11.3. The first-order valence-electron chi connectivity index (χ1n) is 9.37. The Morgan fingerprint density at radius 3 is 2.43 bits per heavy atom. The standard InChI is InChI=1S/C24H20N2O2/c1-2-8-18(17-9-4-3-5-10-17)15-23-25-26-24(28-23)22-14-13-19(16-27)20-11-6-7-12-21(20)22/h3-7,9-16H,2,8H2,1H3/b18-15+. The van der Waals surface area contributed by atoms with E-state index in [9.17, 15) is 4.79 Å². The summed E-state index contributed by atoms with van der Waals surface area (Å²) in [5.74, 6) is 0.926. The van der Waals surface area contributed by atoms with Gasteiger partial charge in [-0.3, -0.25) is 4.79 Å². The Morgan fingerprint density at radius 1 is 0.929 bits per heavy atom. The number of fused-ring (bicyclic) bond motifs is 1. The number of nitrogens with zero attached hydrogens (tertiary/aromatic N) is 2. The predicted molar refractivity (Wildman–Crippen MR) is 112 cm³/mol. The quantitative estimate of drug-likeness (QED) is 0.389. The van der Waals surface area contributed by atoms with Crippen LogP contribution in [0, 0.1) is 0 Å². The minimum Gasteiger partial charge on any atom is -0.417 e. The molecule has 0 unspecified atom stereocenters. The summed E-state index contributed by atoms with van der Waals surface area (Å²) < 4.78 is 5.96. The Morgan fingerprint density at radius 2 is 1.68 bits per heavy atom. The molecule has 3 aromatic carbocycles. The number of allylic oxidation sites excluding steroid dienone is 1. The van der Waals surface area contributed by atoms with E-state index in [-0.39, 0.29) is 0 Å². The van der Waals surface area contributed by atoms with Crippen molar-refractivity contribution in [1.82, 2.24) is 10.2 Å². The smallest absolute Gasteiger partial charge is 0.248 e. The van der Waals surface area contributed by atoms with Gasteiger partial charge in [0.15, 0.2) is 6.29 Å². The number of carbonyl (C=O) groups excluding carboxylic acids is 1. The fraction of sp³-hybridized carbons (Fsp3) is 0.125. The molecule has 0 saturated heterocycles. The molecular formula is C24H20N2O2. The molecule has 1 aromatic heterocycles. The summed E-state index contributed by atoms with van der Waals surface area (Å²) in [7, 11) is 0. The molecule has 0 fully saturated rings. The summed E-state index contributed by atoms with van der Waals surface area (Å²) >= 11 is 0. The Labute approximate surface area is 163 Å². The molecular weight excluding hydrogens is 348 g/mol. The van der Waals surface area contributed by atoms with Gasteiger partial charge in [0, 0.05) is 17.2 Å². The molecule has 4 heteroatoms. The average molecular weight is 368 g/mol. The normalized spacial score (nSPS) is 11.7. The molecule has 0 aliphatic heterocycles. The lowest BCUT2D eigenvalue weighted by Gasteiger charge is -2.05. The van der Waals surface area contributed by atoms with Crippen molar-refractivity contribution < 1.29 is 9.21 Å². The van der Waals surface area contributed by atoms with Gasteiger partial charge in [-0.2, -0.15) is 0 Å². The fourth-order valence-electron chi connectivity index (χ4n) is 3.38. The number of aromatic nitrogens is 2. The SMILES string of the molecule is CCC/C(=C\c1nnc(-c2ccc(C=O)c3ccccc23)o1)c1ccccc1. The maximum Gasteiger partial charge on any atom is 0.248 e. The first-order valence-corrected chi connectivity index (χ1v) is 9.37. The third kappa shape index (κ3) is 3.49. The first-order chi connectivity index (χ1) is 13.8. The molecule has 0 N–H and O–H groups in total. The molecule has 4 rings (SSSR count). The molecule has 0 atom stereocenters. The first kappa shape index (κ1) is 17.9. The van der Waals surface area contributed by atoms with Crippen LogP contribution in [0.3, 0.4) is 0 Å². The lowest BCUT2D eigenvalue weighted by atomic mass is 10.00. The topological polar surface area (TPSA) is 56.0 Å². The molecule has 1 heterocycles. The van der Waals surface area contributed by atoms with Crippen molar-refractivity contribution in [3.63, 3.8) is 0 Å². The van der Waals surface area contributed by atoms with Gasteiger partial charge in [-0.1, -0.05) is 74.0 Å². The number of carbonyl (C=O) groups is 1. The maximum absolute atomic E-state index is 11.3. The summed E-state index contributed by atoms with van der Waals surface area (Å²) in [5, 5.41) is 10.3. The van der Waals surface area contributed by atoms with Crippen molar-refractivity contribution in [1.29, 1.82) is 0 Å². The molecule has 4 aromatic rings. The van der Waals surface area contributed by atoms with Crippen LogP contribution < -0.4 is 0 Å². The van der Waals surface area contributed by atoms with Crippen LogP contribution in [0.15, 0.2) is 71.1 Å². The van der Waals surface area contributed by atoms with E-state index in [1.165, 1.54) is 5.57 Å². The fourth-order valence-corrected chi connectivity index (χ4v) is 3.38. The minimum atomic E-state index is 0.448. The van der Waals surface area contributed by atoms with E-state index in [2.05, 4.69) is 29.3 Å². The van der Waals surface area contributed by atoms with Crippen molar-refractivity contribution in [3.05, 3.63) is 83.7 Å². The summed E-state index contributed by atoms with van der Waals surface area (Å²) in [6, 6.07) is 21.6. The van der Waals surface area contributed by atoms with Crippen LogP contribution in [0.5, 0.6) is 0 Å². The van der Waals surface area contributed by atoms with Gasteiger partial charge in [0.25, 0.3) is 0 Å². The monoisotopic (exact) mass is 368 g/mol. The molecule has 4 nitrogen and oxygen atoms in total. The number of rotatable bonds is 6. The zero-order valence-corrected chi connectivity index (χ0v) is 15.6. The van der Waals surface area contributed by atoms with Crippen LogP contribution in [-0.2, 0) is 0 Å². The van der Waals surface area contributed by atoms with E-state index >= 15 is 0 Å². The van der Waals surface area contributed by atoms with Gasteiger partial charge in [0.2, 0.25) is 11.8 Å². The Hall–Kier alpha value is -3.53. The zero-order chi connectivity index (χ0) is 19.3. The lowest BCUT2D eigenvalue weighted by Crippen LogP contribution is -1.87. The van der Waals surface area contributed by atoms with Crippen molar-refractivity contribution in [2.75, 3.05) is 0 Å². The van der Waals surface area contributed by atoms with Gasteiger partial charge in [0.05, 0.1) is 0 Å². The third-order valence-electron chi connectivity index (χ3n) is 4.72. The number of aldehydes is 1. The molecule has 0 aliphatic carbocycles. The van der Waals surface area contributed by atoms with E-state index in [1.807, 2.05) is 54.6 Å². The molecule has 0 amide bonds. The molecule has 0 saturated carbocycles. The van der Waals surface area contributed by atoms with Crippen LogP contribution >= 0.6 is 0 Å². The van der Waals surface area contributed by atoms with Crippen LogP contribution in [0.25, 0.3) is 33.9 Å². The molecule has 28 heavy (non-hydrogen) atoms. The lowest BCUT2D eigenvalue weighted by molar-refractivity contribution is 0.112. The Balaban J connectivity index is 1.76. The summed E-state index contributed by atoms with van der Waals surface area (Å²) in [6.07, 6.45) is 4.78. The highest BCUT2D eigenvalue weighted by Gasteiger charge is 2.13. The second-order valence-corrected chi connectivity index (χ2v) is 6.60. The second kappa shape index (κ2) is 8.01. The van der Waals surface area contributed by atoms with Gasteiger partial charge >= 0.3 is 0 Å². The number of hydrogen-bond acceptors (Lipinski definition) is 4. The Kier molecular flexibility index (Phi) is 5.11. The van der Waals surface area contributed by atoms with Crippen molar-refractivity contribution in [3.8, 4) is 11.5 Å². The highest BCUT2D eigenvalue weighted by Crippen LogP contribution is 2.30. The third-order valence-corrected chi connectivity index (χ3v) is 4.72. The van der Waals surface area contributed by atoms with Crippen LogP contribution in [0.2, 0.25) is 0 Å². The van der Waals surface area contributed by atoms with Crippen molar-refractivity contribution in [2.24, 2.45) is 0 Å². The summed E-state index contributed by atoms with van der Waals surface area (Å²) in [4.78, 5) is 11.3. The van der Waals surface area contributed by atoms with Crippen molar-refractivity contribution >= 4 is 28.7 Å². The molecule has 0 spiro atoms. The van der Waals surface area contributed by atoms with Crippen LogP contribution in [-0.4, -0.2) is 16.5 Å².